The lowest BCUT2D eigenvalue weighted by Crippen LogP contribution is -2.36. The van der Waals surface area contributed by atoms with E-state index in [1.165, 1.54) is 23.8 Å². The van der Waals surface area contributed by atoms with Crippen LogP contribution in [0.5, 0.6) is 0 Å². The molecule has 0 amide bonds. The molecule has 5 heteroatoms. The average Bonchev–Trinajstić information content (AvgIpc) is 3.21. The summed E-state index contributed by atoms with van der Waals surface area (Å²) in [5.41, 5.74) is 0.961. The van der Waals surface area contributed by atoms with Gasteiger partial charge in [0.15, 0.2) is 0 Å². The predicted octanol–water partition coefficient (Wildman–Crippen LogP) is 3.09. The number of thiophene rings is 1. The maximum atomic E-state index is 10.5. The number of ether oxygens (including phenoxy) is 1. The molecule has 0 aromatic carbocycles. The number of hydrogen-bond donors (Lipinski definition) is 1. The Labute approximate surface area is 130 Å². The van der Waals surface area contributed by atoms with Crippen LogP contribution in [0.15, 0.2) is 17.5 Å². The summed E-state index contributed by atoms with van der Waals surface area (Å²) in [5, 5.41) is 10.7. The number of hydrogen-bond acceptors (Lipinski definition) is 4. The van der Waals surface area contributed by atoms with Gasteiger partial charge in [0, 0.05) is 37.2 Å². The van der Waals surface area contributed by atoms with Crippen molar-refractivity contribution >= 4 is 23.4 Å². The monoisotopic (exact) mass is 309 g/mol. The smallest absolute Gasteiger partial charge is 0.328 e. The van der Waals surface area contributed by atoms with Crippen LogP contribution in [0, 0.1) is 5.92 Å². The van der Waals surface area contributed by atoms with Crippen LogP contribution in [0.25, 0.3) is 6.08 Å². The van der Waals surface area contributed by atoms with Gasteiger partial charge in [0.05, 0.1) is 6.61 Å². The minimum Gasteiger partial charge on any atom is -0.478 e. The van der Waals surface area contributed by atoms with Gasteiger partial charge >= 0.3 is 5.97 Å². The summed E-state index contributed by atoms with van der Waals surface area (Å²) in [6, 6.07) is 2.66. The second-order valence-corrected chi connectivity index (χ2v) is 6.56. The molecule has 0 aliphatic heterocycles. The van der Waals surface area contributed by atoms with E-state index in [2.05, 4.69) is 17.9 Å². The van der Waals surface area contributed by atoms with Crippen LogP contribution in [0.3, 0.4) is 0 Å². The molecule has 1 atom stereocenters. The summed E-state index contributed by atoms with van der Waals surface area (Å²) >= 11 is 1.69. The molecule has 2 rings (SSSR count). The fourth-order valence-corrected chi connectivity index (χ4v) is 3.33. The lowest BCUT2D eigenvalue weighted by Gasteiger charge is -2.28. The summed E-state index contributed by atoms with van der Waals surface area (Å²) in [7, 11) is 1.74. The highest BCUT2D eigenvalue weighted by atomic mass is 32.1. The standard InChI is InChI=1S/C16H23NO3S/c1-12(14-4-5-14)17(7-8-20-2)10-15-9-13(11-21-15)3-6-16(18)19/h3,6,9,11-12,14H,4-5,7-8,10H2,1-2H3,(H,18,19). The number of carbonyl (C=O) groups is 1. The van der Waals surface area contributed by atoms with Gasteiger partial charge in [-0.15, -0.1) is 11.3 Å². The average molecular weight is 309 g/mol. The predicted molar refractivity (Wildman–Crippen MR) is 85.5 cm³/mol. The molecule has 1 heterocycles. The Morgan fingerprint density at radius 2 is 2.38 bits per heavy atom. The molecule has 0 spiro atoms. The summed E-state index contributed by atoms with van der Waals surface area (Å²) in [4.78, 5) is 14.3. The van der Waals surface area contributed by atoms with Crippen molar-refractivity contribution in [2.75, 3.05) is 20.3 Å². The Balaban J connectivity index is 1.96. The van der Waals surface area contributed by atoms with Crippen molar-refractivity contribution < 1.29 is 14.6 Å². The molecule has 4 nitrogen and oxygen atoms in total. The van der Waals surface area contributed by atoms with E-state index in [1.807, 2.05) is 5.38 Å². The molecule has 1 fully saturated rings. The molecule has 1 N–H and O–H groups in total. The quantitative estimate of drug-likeness (QED) is 0.712. The zero-order chi connectivity index (χ0) is 15.2. The third-order valence-electron chi connectivity index (χ3n) is 3.91. The summed E-state index contributed by atoms with van der Waals surface area (Å²) < 4.78 is 5.22. The number of carboxylic acid groups (broad SMARTS) is 1. The fourth-order valence-electron chi connectivity index (χ4n) is 2.45. The maximum absolute atomic E-state index is 10.5. The minimum atomic E-state index is -0.910. The lowest BCUT2D eigenvalue weighted by molar-refractivity contribution is -0.131. The van der Waals surface area contributed by atoms with E-state index in [-0.39, 0.29) is 0 Å². The van der Waals surface area contributed by atoms with Gasteiger partial charge in [-0.2, -0.15) is 0 Å². The van der Waals surface area contributed by atoms with Crippen LogP contribution < -0.4 is 0 Å². The van der Waals surface area contributed by atoms with E-state index < -0.39 is 5.97 Å². The van der Waals surface area contributed by atoms with E-state index in [9.17, 15) is 4.79 Å². The number of methoxy groups -OCH3 is 1. The van der Waals surface area contributed by atoms with Crippen LogP contribution in [0.1, 0.15) is 30.2 Å². The van der Waals surface area contributed by atoms with Crippen molar-refractivity contribution in [3.05, 3.63) is 28.0 Å². The topological polar surface area (TPSA) is 49.8 Å². The summed E-state index contributed by atoms with van der Waals surface area (Å²) in [6.07, 6.45) is 5.50. The Morgan fingerprint density at radius 1 is 1.62 bits per heavy atom. The van der Waals surface area contributed by atoms with Gasteiger partial charge in [0.1, 0.15) is 0 Å². The van der Waals surface area contributed by atoms with Gasteiger partial charge < -0.3 is 9.84 Å². The van der Waals surface area contributed by atoms with Crippen molar-refractivity contribution in [2.45, 2.75) is 32.4 Å². The molecule has 1 aliphatic rings. The van der Waals surface area contributed by atoms with Crippen molar-refractivity contribution in [1.82, 2.24) is 4.90 Å². The van der Waals surface area contributed by atoms with Crippen LogP contribution in [-0.4, -0.2) is 42.3 Å². The molecule has 1 aromatic heterocycles. The Bertz CT molecular complexity index is 493. The summed E-state index contributed by atoms with van der Waals surface area (Å²) in [6.45, 7) is 4.89. The molecule has 0 saturated heterocycles. The van der Waals surface area contributed by atoms with Gasteiger partial charge in [0.25, 0.3) is 0 Å². The third-order valence-corrected chi connectivity index (χ3v) is 4.85. The van der Waals surface area contributed by atoms with Crippen molar-refractivity contribution in [3.8, 4) is 0 Å². The molecule has 21 heavy (non-hydrogen) atoms. The number of aliphatic carboxylic acids is 1. The normalized spacial score (nSPS) is 16.7. The van der Waals surface area contributed by atoms with E-state index in [0.717, 1.165) is 31.2 Å². The number of nitrogens with zero attached hydrogens (tertiary/aromatic N) is 1. The SMILES string of the molecule is COCCN(Cc1cc(C=CC(=O)O)cs1)C(C)C1CC1. The Morgan fingerprint density at radius 3 is 3.00 bits per heavy atom. The van der Waals surface area contributed by atoms with Gasteiger partial charge in [-0.05, 0) is 48.8 Å². The van der Waals surface area contributed by atoms with Crippen molar-refractivity contribution in [1.29, 1.82) is 0 Å². The van der Waals surface area contributed by atoms with E-state index in [4.69, 9.17) is 9.84 Å². The number of rotatable bonds is 9. The molecule has 1 aliphatic carbocycles. The highest BCUT2D eigenvalue weighted by molar-refractivity contribution is 7.10. The highest BCUT2D eigenvalue weighted by Gasteiger charge is 2.31. The minimum absolute atomic E-state index is 0.584. The molecule has 116 valence electrons. The van der Waals surface area contributed by atoms with Crippen LogP contribution in [0.2, 0.25) is 0 Å². The van der Waals surface area contributed by atoms with Crippen molar-refractivity contribution in [2.24, 2.45) is 5.92 Å². The second-order valence-electron chi connectivity index (χ2n) is 5.56. The largest absolute Gasteiger partial charge is 0.478 e. The maximum Gasteiger partial charge on any atom is 0.328 e. The molecular formula is C16H23NO3S. The molecule has 1 aromatic rings. The molecule has 1 saturated carbocycles. The van der Waals surface area contributed by atoms with E-state index in [1.54, 1.807) is 24.5 Å². The Hall–Kier alpha value is -1.17. The summed E-state index contributed by atoms with van der Waals surface area (Å²) in [5.74, 6) is -0.0833. The molecular weight excluding hydrogens is 286 g/mol. The van der Waals surface area contributed by atoms with E-state index in [0.29, 0.717) is 6.04 Å². The Kier molecular flexibility index (Phi) is 5.96. The van der Waals surface area contributed by atoms with Crippen molar-refractivity contribution in [3.63, 3.8) is 0 Å². The van der Waals surface area contributed by atoms with Gasteiger partial charge in [-0.25, -0.2) is 4.79 Å². The van der Waals surface area contributed by atoms with Crippen LogP contribution in [-0.2, 0) is 16.1 Å². The molecule has 0 radical (unpaired) electrons. The zero-order valence-corrected chi connectivity index (χ0v) is 13.4. The lowest BCUT2D eigenvalue weighted by atomic mass is 10.1. The fraction of sp³-hybridized carbons (Fsp3) is 0.562. The zero-order valence-electron chi connectivity index (χ0n) is 12.6. The first-order valence-corrected chi connectivity index (χ1v) is 8.19. The van der Waals surface area contributed by atoms with Gasteiger partial charge in [-0.3, -0.25) is 4.90 Å². The molecule has 0 bridgehead atoms. The first kappa shape index (κ1) is 16.2. The number of carboxylic acids is 1. The first-order valence-electron chi connectivity index (χ1n) is 7.31. The van der Waals surface area contributed by atoms with E-state index >= 15 is 0 Å². The van der Waals surface area contributed by atoms with Crippen LogP contribution >= 0.6 is 11.3 Å². The van der Waals surface area contributed by atoms with Crippen LogP contribution in [0.4, 0.5) is 0 Å². The first-order chi connectivity index (χ1) is 10.1. The second kappa shape index (κ2) is 7.73. The highest BCUT2D eigenvalue weighted by Crippen LogP contribution is 2.35. The third kappa shape index (κ3) is 5.26. The molecule has 1 unspecified atom stereocenters. The van der Waals surface area contributed by atoms with Gasteiger partial charge in [0.2, 0.25) is 0 Å². The van der Waals surface area contributed by atoms with Gasteiger partial charge in [-0.1, -0.05) is 0 Å².